The predicted octanol–water partition coefficient (Wildman–Crippen LogP) is 6.14. The molecule has 5 aliphatic rings. The summed E-state index contributed by atoms with van der Waals surface area (Å²) in [6.45, 7) is 22.0. The van der Waals surface area contributed by atoms with Gasteiger partial charge in [-0.25, -0.2) is 4.79 Å². The van der Waals surface area contributed by atoms with Crippen molar-refractivity contribution in [2.24, 2.45) is 56.2 Å². The molecule has 0 amide bonds. The van der Waals surface area contributed by atoms with Crippen molar-refractivity contribution < 1.29 is 39.5 Å². The lowest BCUT2D eigenvalue weighted by molar-refractivity contribution is -0.291. The summed E-state index contributed by atoms with van der Waals surface area (Å²) in [5, 5.41) is 48.8. The summed E-state index contributed by atoms with van der Waals surface area (Å²) in [6, 6.07) is 0. The van der Waals surface area contributed by atoms with Gasteiger partial charge >= 0.3 is 11.9 Å². The molecule has 4 N–H and O–H groups in total. The molecule has 13 atom stereocenters. The molecule has 5 rings (SSSR count). The predicted molar refractivity (Wildman–Crippen MR) is 184 cm³/mol. The van der Waals surface area contributed by atoms with E-state index in [0.717, 1.165) is 37.7 Å². The van der Waals surface area contributed by atoms with Gasteiger partial charge < -0.3 is 29.9 Å². The lowest BCUT2D eigenvalue weighted by Gasteiger charge is -2.73. The Labute approximate surface area is 288 Å². The van der Waals surface area contributed by atoms with Crippen LogP contribution < -0.4 is 0 Å². The number of carbonyl (C=O) groups excluding carboxylic acids is 2. The van der Waals surface area contributed by atoms with Crippen LogP contribution in [0.3, 0.4) is 0 Å². The van der Waals surface area contributed by atoms with Crippen LogP contribution in [-0.4, -0.2) is 69.5 Å². The smallest absolute Gasteiger partial charge is 0.333 e. The van der Waals surface area contributed by atoms with Gasteiger partial charge in [-0.3, -0.25) is 4.79 Å². The summed E-state index contributed by atoms with van der Waals surface area (Å²) in [7, 11) is 0. The first-order chi connectivity index (χ1) is 22.1. The molecule has 272 valence electrons. The summed E-state index contributed by atoms with van der Waals surface area (Å²) < 4.78 is 12.0. The van der Waals surface area contributed by atoms with E-state index < -0.39 is 58.5 Å². The zero-order valence-corrected chi connectivity index (χ0v) is 31.4. The van der Waals surface area contributed by atoms with Gasteiger partial charge in [-0.2, -0.15) is 0 Å². The van der Waals surface area contributed by atoms with Crippen molar-refractivity contribution in [3.05, 3.63) is 23.3 Å². The van der Waals surface area contributed by atoms with Crippen molar-refractivity contribution in [2.45, 2.75) is 152 Å². The molecule has 4 unspecified atom stereocenters. The van der Waals surface area contributed by atoms with Crippen molar-refractivity contribution in [1.82, 2.24) is 0 Å². The molecule has 0 heterocycles. The molecule has 4 fully saturated rings. The Morgan fingerprint density at radius 2 is 1.60 bits per heavy atom. The van der Waals surface area contributed by atoms with E-state index in [1.807, 2.05) is 20.8 Å². The number of fused-ring (bicyclic) bond motifs is 7. The SMILES string of the molecule is C/C=C(/C)C(=O)O[C@H]1[C@H](O)[C@@]2(COC(=O)C(C)CC)C(CC1(C)C)C1=CCC3[C@@]4(C)CC[C@H](O)C(C)(C)C4CC[C@@]3(C)[C@]1(C)[C@@H](O)[C@H]2O. The van der Waals surface area contributed by atoms with Gasteiger partial charge in [-0.1, -0.05) is 80.0 Å². The van der Waals surface area contributed by atoms with E-state index in [0.29, 0.717) is 24.3 Å². The minimum absolute atomic E-state index is 0.0684. The van der Waals surface area contributed by atoms with E-state index in [9.17, 15) is 30.0 Å². The average Bonchev–Trinajstić information content (AvgIpc) is 3.03. The zero-order chi connectivity index (χ0) is 36.0. The minimum atomic E-state index is -1.50. The van der Waals surface area contributed by atoms with E-state index in [1.165, 1.54) is 0 Å². The van der Waals surface area contributed by atoms with Crippen molar-refractivity contribution in [3.63, 3.8) is 0 Å². The maximum Gasteiger partial charge on any atom is 0.333 e. The molecule has 0 bridgehead atoms. The van der Waals surface area contributed by atoms with Crippen LogP contribution in [-0.2, 0) is 19.1 Å². The number of allylic oxidation sites excluding steroid dienone is 2. The number of rotatable bonds is 6. The van der Waals surface area contributed by atoms with E-state index in [1.54, 1.807) is 26.8 Å². The van der Waals surface area contributed by atoms with Gasteiger partial charge in [0.15, 0.2) is 0 Å². The third-order valence-electron chi connectivity index (χ3n) is 15.7. The number of ether oxygens (including phenoxy) is 2. The first kappa shape index (κ1) is 37.5. The molecule has 8 heteroatoms. The van der Waals surface area contributed by atoms with Crippen molar-refractivity contribution in [1.29, 1.82) is 0 Å². The average molecular weight is 673 g/mol. The molecule has 48 heavy (non-hydrogen) atoms. The highest BCUT2D eigenvalue weighted by atomic mass is 16.6. The van der Waals surface area contributed by atoms with Crippen LogP contribution in [0.25, 0.3) is 0 Å². The van der Waals surface area contributed by atoms with Crippen LogP contribution in [0.2, 0.25) is 0 Å². The van der Waals surface area contributed by atoms with Gasteiger partial charge in [-0.05, 0) is 92.8 Å². The van der Waals surface area contributed by atoms with Gasteiger partial charge in [0.2, 0.25) is 0 Å². The monoisotopic (exact) mass is 672 g/mol. The van der Waals surface area contributed by atoms with Crippen LogP contribution in [0.1, 0.15) is 121 Å². The molecule has 0 aliphatic heterocycles. The number of esters is 2. The van der Waals surface area contributed by atoms with Gasteiger partial charge in [0.25, 0.3) is 0 Å². The Bertz CT molecular complexity index is 1350. The van der Waals surface area contributed by atoms with Gasteiger partial charge in [0.05, 0.1) is 29.6 Å². The maximum absolute atomic E-state index is 13.2. The largest absolute Gasteiger partial charge is 0.465 e. The van der Waals surface area contributed by atoms with Crippen molar-refractivity contribution in [3.8, 4) is 0 Å². The normalized spacial score (nSPS) is 46.9. The summed E-state index contributed by atoms with van der Waals surface area (Å²) in [5.74, 6) is -1.26. The topological polar surface area (TPSA) is 134 Å². The molecule has 4 saturated carbocycles. The molecule has 0 aromatic rings. The number of carbonyl (C=O) groups is 2. The highest BCUT2D eigenvalue weighted by molar-refractivity contribution is 5.87. The second-order valence-corrected chi connectivity index (χ2v) is 18.4. The molecule has 0 aromatic carbocycles. The fourth-order valence-corrected chi connectivity index (χ4v) is 12.0. The highest BCUT2D eigenvalue weighted by Crippen LogP contribution is 2.75. The maximum atomic E-state index is 13.2. The van der Waals surface area contributed by atoms with Crippen LogP contribution in [0.5, 0.6) is 0 Å². The van der Waals surface area contributed by atoms with E-state index in [-0.39, 0.29) is 40.8 Å². The summed E-state index contributed by atoms with van der Waals surface area (Å²) in [4.78, 5) is 26.3. The molecule has 0 saturated heterocycles. The Morgan fingerprint density at radius 3 is 2.21 bits per heavy atom. The van der Waals surface area contributed by atoms with E-state index in [4.69, 9.17) is 9.47 Å². The van der Waals surface area contributed by atoms with E-state index in [2.05, 4.69) is 40.7 Å². The summed E-state index contributed by atoms with van der Waals surface area (Å²) in [5.41, 5.74) is -2.30. The van der Waals surface area contributed by atoms with Crippen LogP contribution in [0.4, 0.5) is 0 Å². The lowest BCUT2D eigenvalue weighted by Crippen LogP contribution is -2.76. The third-order valence-corrected chi connectivity index (χ3v) is 15.7. The Hall–Kier alpha value is -1.74. The fraction of sp³-hybridized carbons (Fsp3) is 0.850. The standard InChI is InChI=1S/C40H64O8/c1-12-22(3)33(45)47-21-40-25(20-35(5,6)32(31(40)44)48-34(46)23(4)13-2)24-14-15-27-37(9)18-17-28(41)36(7,8)26(37)16-19-38(27,10)39(24,11)29(42)30(40)43/h13-14,22,25-32,41-44H,12,15-21H2,1-11H3/b23-13-/t22?,25?,26?,27?,28-,29-,30+,31-,32-,37-,38+,39-,40-/m0/s1. The highest BCUT2D eigenvalue weighted by Gasteiger charge is 2.75. The fourth-order valence-electron chi connectivity index (χ4n) is 12.0. The first-order valence-corrected chi connectivity index (χ1v) is 18.6. The molecular formula is C40H64O8. The van der Waals surface area contributed by atoms with Gasteiger partial charge in [0, 0.05) is 16.4 Å². The van der Waals surface area contributed by atoms with Crippen molar-refractivity contribution >= 4 is 11.9 Å². The van der Waals surface area contributed by atoms with Crippen molar-refractivity contribution in [2.75, 3.05) is 6.61 Å². The number of aliphatic hydroxyl groups is 4. The molecule has 0 aromatic heterocycles. The summed E-state index contributed by atoms with van der Waals surface area (Å²) in [6.07, 6.45) is 3.65. The number of hydrogen-bond acceptors (Lipinski definition) is 8. The van der Waals surface area contributed by atoms with Crippen LogP contribution >= 0.6 is 0 Å². The minimum Gasteiger partial charge on any atom is -0.465 e. The molecule has 5 aliphatic carbocycles. The first-order valence-electron chi connectivity index (χ1n) is 18.6. The summed E-state index contributed by atoms with van der Waals surface area (Å²) >= 11 is 0. The molecule has 8 nitrogen and oxygen atoms in total. The third kappa shape index (κ3) is 4.96. The molecule has 0 spiro atoms. The Morgan fingerprint density at radius 1 is 0.958 bits per heavy atom. The Balaban J connectivity index is 1.65. The second-order valence-electron chi connectivity index (χ2n) is 18.4. The molecule has 0 radical (unpaired) electrons. The zero-order valence-electron chi connectivity index (χ0n) is 31.4. The van der Waals surface area contributed by atoms with Gasteiger partial charge in [0.1, 0.15) is 18.8 Å². The molecular weight excluding hydrogens is 608 g/mol. The lowest BCUT2D eigenvalue weighted by atomic mass is 9.32. The number of hydrogen-bond donors (Lipinski definition) is 4. The number of aliphatic hydroxyl groups excluding tert-OH is 4. The van der Waals surface area contributed by atoms with Crippen LogP contribution in [0.15, 0.2) is 23.3 Å². The quantitative estimate of drug-likeness (QED) is 0.150. The van der Waals surface area contributed by atoms with Gasteiger partial charge in [-0.15, -0.1) is 0 Å². The van der Waals surface area contributed by atoms with E-state index >= 15 is 0 Å². The second kappa shape index (κ2) is 12.2. The Kier molecular flexibility index (Phi) is 9.53. The van der Waals surface area contributed by atoms with Crippen LogP contribution in [0, 0.1) is 56.2 Å².